The van der Waals surface area contributed by atoms with Crippen molar-refractivity contribution in [3.8, 4) is 0 Å². The average Bonchev–Trinajstić information content (AvgIpc) is 3.78. The third-order valence-electron chi connectivity index (χ3n) is 8.59. The Morgan fingerprint density at radius 3 is 1.18 bits per heavy atom. The van der Waals surface area contributed by atoms with E-state index in [4.69, 9.17) is 0 Å². The van der Waals surface area contributed by atoms with Crippen LogP contribution < -0.4 is 0 Å². The van der Waals surface area contributed by atoms with Gasteiger partial charge in [0.05, 0.1) is 13.7 Å². The van der Waals surface area contributed by atoms with E-state index in [1.807, 2.05) is 18.2 Å². The van der Waals surface area contributed by atoms with Crippen molar-refractivity contribution in [3.05, 3.63) is 96.6 Å². The van der Waals surface area contributed by atoms with Crippen LogP contribution in [0.3, 0.4) is 0 Å². The third kappa shape index (κ3) is 4.28. The highest BCUT2D eigenvalue weighted by atomic mass is 32.3. The highest BCUT2D eigenvalue weighted by Gasteiger charge is 2.97. The summed E-state index contributed by atoms with van der Waals surface area (Å²) >= 11 is 0. The van der Waals surface area contributed by atoms with Gasteiger partial charge in [0.2, 0.25) is 0 Å². The predicted molar refractivity (Wildman–Crippen MR) is 141 cm³/mol. The van der Waals surface area contributed by atoms with Gasteiger partial charge in [0, 0.05) is 5.41 Å². The molecule has 9 heteroatoms. The average molecular weight is 560 g/mol. The maximum Gasteiger partial charge on any atom is 0.283 e. The standard InChI is InChI=1S/C12H10FNO4S2.C11H11F.C5H6.CH4/c13-14(19(15,16)11-7-3-1-4-8-11)20(17,18)12-9-5-2-6-10-12;12-11-6-10(7-11,8-11)9-4-2-1-3-5-9;1-4-2-5(1,4)3-4;/h1-10H;1-5H,6-8H2;1-3H2;1H4. The normalized spacial score (nSPS) is 32.2. The molecule has 0 atom stereocenters. The van der Waals surface area contributed by atoms with Crippen molar-refractivity contribution in [2.75, 3.05) is 0 Å². The first kappa shape index (κ1) is 27.0. The van der Waals surface area contributed by atoms with Gasteiger partial charge in [0.15, 0.2) is 0 Å². The first-order valence-electron chi connectivity index (χ1n) is 12.3. The first-order chi connectivity index (χ1) is 17.5. The van der Waals surface area contributed by atoms with E-state index in [2.05, 4.69) is 12.1 Å². The SMILES string of the molecule is C.C1C23CC12C3.FC12CC(c3ccccc3)(C1)C2.O=S(=O)(c1ccccc1)N(F)S(=O)(=O)c1ccccc1. The topological polar surface area (TPSA) is 71.5 Å². The Balaban J connectivity index is 0.000000134. The zero-order valence-corrected chi connectivity index (χ0v) is 21.7. The minimum atomic E-state index is -4.77. The Bertz CT molecular complexity index is 1420. The highest BCUT2D eigenvalue weighted by molar-refractivity contribution is 8.03. The Morgan fingerprint density at radius 1 is 0.579 bits per heavy atom. The number of hydrogen-bond acceptors (Lipinski definition) is 4. The number of alkyl halides is 1. The van der Waals surface area contributed by atoms with Crippen molar-refractivity contribution < 1.29 is 25.7 Å². The molecule has 2 bridgehead atoms. The van der Waals surface area contributed by atoms with Gasteiger partial charge in [-0.15, -0.1) is 4.48 Å². The van der Waals surface area contributed by atoms with Crippen molar-refractivity contribution in [1.29, 1.82) is 0 Å². The van der Waals surface area contributed by atoms with Crippen molar-refractivity contribution in [2.45, 2.75) is 66.8 Å². The molecule has 6 saturated carbocycles. The fourth-order valence-corrected chi connectivity index (χ4v) is 8.78. The number of sulfonamides is 2. The Hall–Kier alpha value is -2.62. The van der Waals surface area contributed by atoms with Gasteiger partial charge < -0.3 is 0 Å². The fourth-order valence-electron chi connectivity index (χ4n) is 5.90. The van der Waals surface area contributed by atoms with Gasteiger partial charge in [0.25, 0.3) is 20.0 Å². The summed E-state index contributed by atoms with van der Waals surface area (Å²) in [5.74, 6) is 0. The molecule has 5 nitrogen and oxygen atoms in total. The van der Waals surface area contributed by atoms with Crippen LogP contribution in [0.5, 0.6) is 0 Å². The Kier molecular flexibility index (Phi) is 6.17. The first-order valence-corrected chi connectivity index (χ1v) is 15.2. The number of halogens is 2. The summed E-state index contributed by atoms with van der Waals surface area (Å²) in [5.41, 5.74) is 2.94. The van der Waals surface area contributed by atoms with Crippen molar-refractivity contribution in [1.82, 2.24) is 3.93 Å². The molecule has 6 aliphatic rings. The second kappa shape index (κ2) is 8.69. The largest absolute Gasteiger partial charge is 0.283 e. The molecule has 0 saturated heterocycles. The molecule has 9 rings (SSSR count). The molecule has 0 heterocycles. The second-order valence-electron chi connectivity index (χ2n) is 11.2. The lowest BCUT2D eigenvalue weighted by molar-refractivity contribution is -0.158. The molecule has 0 spiro atoms. The number of benzene rings is 3. The van der Waals surface area contributed by atoms with Gasteiger partial charge in [-0.05, 0) is 79.2 Å². The molecule has 3 aromatic rings. The summed E-state index contributed by atoms with van der Waals surface area (Å²) < 4.78 is 73.8. The van der Waals surface area contributed by atoms with Crippen LogP contribution in [0.25, 0.3) is 0 Å². The zero-order chi connectivity index (χ0) is 26.2. The van der Waals surface area contributed by atoms with Crippen LogP contribution >= 0.6 is 0 Å². The molecule has 0 unspecified atom stereocenters. The molecular formula is C29H31F2NO4S2. The van der Waals surface area contributed by atoms with Gasteiger partial charge >= 0.3 is 0 Å². The lowest BCUT2D eigenvalue weighted by atomic mass is 9.40. The summed E-state index contributed by atoms with van der Waals surface area (Å²) in [5, 5.41) is 0. The van der Waals surface area contributed by atoms with Crippen LogP contribution in [0.4, 0.5) is 8.87 Å². The quantitative estimate of drug-likeness (QED) is 0.331. The Morgan fingerprint density at radius 2 is 0.895 bits per heavy atom. The van der Waals surface area contributed by atoms with Gasteiger partial charge in [-0.3, -0.25) is 0 Å². The molecule has 38 heavy (non-hydrogen) atoms. The third-order valence-corrected chi connectivity index (χ3v) is 12.3. The van der Waals surface area contributed by atoms with Gasteiger partial charge in [-0.25, -0.2) is 21.2 Å². The predicted octanol–water partition coefficient (Wildman–Crippen LogP) is 6.59. The van der Waals surface area contributed by atoms with Crippen LogP contribution in [-0.4, -0.2) is 26.4 Å². The van der Waals surface area contributed by atoms with E-state index in [-0.39, 0.29) is 12.8 Å². The smallest absolute Gasteiger partial charge is 0.244 e. The molecule has 0 radical (unpaired) electrons. The van der Waals surface area contributed by atoms with Crippen LogP contribution in [-0.2, 0) is 25.5 Å². The summed E-state index contributed by atoms with van der Waals surface area (Å²) in [6.45, 7) is 0. The fraction of sp³-hybridized carbons (Fsp3) is 0.379. The number of nitrogens with zero attached hydrogens (tertiary/aromatic N) is 1. The molecule has 0 amide bonds. The van der Waals surface area contributed by atoms with E-state index in [1.54, 1.807) is 19.3 Å². The summed E-state index contributed by atoms with van der Waals surface area (Å²) in [6, 6.07) is 23.4. The minimum Gasteiger partial charge on any atom is -0.244 e. The van der Waals surface area contributed by atoms with E-state index in [0.29, 0.717) is 0 Å². The van der Waals surface area contributed by atoms with Crippen LogP contribution in [0, 0.1) is 10.8 Å². The molecular weight excluding hydrogens is 528 g/mol. The molecule has 202 valence electrons. The lowest BCUT2D eigenvalue weighted by Gasteiger charge is -2.66. The summed E-state index contributed by atoms with van der Waals surface area (Å²) in [7, 11) is -9.53. The summed E-state index contributed by atoms with van der Waals surface area (Å²) in [4.78, 5) is -0.885. The zero-order valence-electron chi connectivity index (χ0n) is 20.1. The van der Waals surface area contributed by atoms with Crippen molar-refractivity contribution in [2.24, 2.45) is 10.8 Å². The molecule has 0 N–H and O–H groups in total. The van der Waals surface area contributed by atoms with Gasteiger partial charge in [-0.2, -0.15) is 0 Å². The van der Waals surface area contributed by atoms with Crippen LogP contribution in [0.15, 0.2) is 101 Å². The lowest BCUT2D eigenvalue weighted by Crippen LogP contribution is -2.67. The van der Waals surface area contributed by atoms with E-state index >= 15 is 0 Å². The van der Waals surface area contributed by atoms with Crippen molar-refractivity contribution in [3.63, 3.8) is 0 Å². The Labute approximate surface area is 223 Å². The number of hydrogen-bond donors (Lipinski definition) is 0. The van der Waals surface area contributed by atoms with Gasteiger partial charge in [0.1, 0.15) is 5.67 Å². The highest BCUT2D eigenvalue weighted by Crippen LogP contribution is 3.06. The van der Waals surface area contributed by atoms with E-state index in [9.17, 15) is 25.7 Å². The van der Waals surface area contributed by atoms with Crippen LogP contribution in [0.2, 0.25) is 0 Å². The van der Waals surface area contributed by atoms with E-state index < -0.39 is 39.4 Å². The van der Waals surface area contributed by atoms with Crippen molar-refractivity contribution >= 4 is 20.0 Å². The molecule has 0 aromatic heterocycles. The molecule has 3 aromatic carbocycles. The van der Waals surface area contributed by atoms with E-state index in [0.717, 1.165) is 54.4 Å². The molecule has 6 fully saturated rings. The molecule has 6 aliphatic carbocycles. The minimum absolute atomic E-state index is 0. The van der Waals surface area contributed by atoms with Gasteiger partial charge in [-0.1, -0.05) is 74.2 Å². The van der Waals surface area contributed by atoms with E-state index in [1.165, 1.54) is 42.0 Å². The summed E-state index contributed by atoms with van der Waals surface area (Å²) in [6.07, 6.45) is 7.18. The monoisotopic (exact) mass is 559 g/mol. The number of rotatable bonds is 5. The molecule has 0 aliphatic heterocycles. The maximum atomic E-state index is 14.0. The maximum absolute atomic E-state index is 14.0. The van der Waals surface area contributed by atoms with Crippen LogP contribution in [0.1, 0.15) is 51.5 Å². The second-order valence-corrected chi connectivity index (χ2v) is 14.9.